The van der Waals surface area contributed by atoms with E-state index in [1.54, 1.807) is 0 Å². The number of hydrogen-bond acceptors (Lipinski definition) is 3. The highest BCUT2D eigenvalue weighted by atomic mass is 16.5. The largest absolute Gasteiger partial charge is 0.493 e. The van der Waals surface area contributed by atoms with Crippen molar-refractivity contribution in [2.45, 2.75) is 25.7 Å². The number of rotatable bonds is 5. The Morgan fingerprint density at radius 2 is 2.13 bits per heavy atom. The SMILES string of the molecule is Cc1cn(C)c(C2CCN(C(=O)CCOc3ccccc3)C2)n1. The van der Waals surface area contributed by atoms with Crippen molar-refractivity contribution in [1.29, 1.82) is 0 Å². The molecular formula is C18H23N3O2. The number of carbonyl (C=O) groups excluding carboxylic acids is 1. The first-order valence-corrected chi connectivity index (χ1v) is 8.09. The first kappa shape index (κ1) is 15.6. The summed E-state index contributed by atoms with van der Waals surface area (Å²) in [7, 11) is 2.02. The molecule has 2 aromatic rings. The van der Waals surface area contributed by atoms with E-state index in [1.807, 2.05) is 55.4 Å². The summed E-state index contributed by atoms with van der Waals surface area (Å²) < 4.78 is 7.68. The lowest BCUT2D eigenvalue weighted by atomic mass is 10.1. The molecule has 1 aliphatic heterocycles. The van der Waals surface area contributed by atoms with E-state index >= 15 is 0 Å². The molecule has 0 saturated carbocycles. The van der Waals surface area contributed by atoms with Crippen LogP contribution in [-0.2, 0) is 11.8 Å². The summed E-state index contributed by atoms with van der Waals surface area (Å²) in [4.78, 5) is 18.8. The van der Waals surface area contributed by atoms with Crippen molar-refractivity contribution in [3.8, 4) is 5.75 Å². The molecule has 23 heavy (non-hydrogen) atoms. The molecule has 5 nitrogen and oxygen atoms in total. The molecule has 0 N–H and O–H groups in total. The molecule has 1 aromatic carbocycles. The van der Waals surface area contributed by atoms with E-state index < -0.39 is 0 Å². The van der Waals surface area contributed by atoms with Crippen LogP contribution < -0.4 is 4.74 Å². The Kier molecular flexibility index (Phi) is 4.65. The van der Waals surface area contributed by atoms with Gasteiger partial charge in [0.15, 0.2) is 0 Å². The van der Waals surface area contributed by atoms with Gasteiger partial charge in [-0.2, -0.15) is 0 Å². The van der Waals surface area contributed by atoms with Crippen LogP contribution in [0.2, 0.25) is 0 Å². The van der Waals surface area contributed by atoms with Gasteiger partial charge >= 0.3 is 0 Å². The number of likely N-dealkylation sites (tertiary alicyclic amines) is 1. The monoisotopic (exact) mass is 313 g/mol. The smallest absolute Gasteiger partial charge is 0.226 e. The second-order valence-corrected chi connectivity index (χ2v) is 6.09. The van der Waals surface area contributed by atoms with Crippen molar-refractivity contribution in [3.05, 3.63) is 48.0 Å². The molecule has 2 heterocycles. The quantitative estimate of drug-likeness (QED) is 0.852. The molecule has 122 valence electrons. The van der Waals surface area contributed by atoms with Crippen molar-refractivity contribution in [3.63, 3.8) is 0 Å². The van der Waals surface area contributed by atoms with Crippen LogP contribution in [0.1, 0.15) is 30.3 Å². The lowest BCUT2D eigenvalue weighted by molar-refractivity contribution is -0.130. The van der Waals surface area contributed by atoms with Crippen LogP contribution in [0.3, 0.4) is 0 Å². The minimum Gasteiger partial charge on any atom is -0.493 e. The molecular weight excluding hydrogens is 290 g/mol. The summed E-state index contributed by atoms with van der Waals surface area (Å²) in [5.41, 5.74) is 1.03. The van der Waals surface area contributed by atoms with Crippen LogP contribution in [0.15, 0.2) is 36.5 Å². The molecule has 1 atom stereocenters. The molecule has 0 spiro atoms. The van der Waals surface area contributed by atoms with Gasteiger partial charge in [0.05, 0.1) is 18.7 Å². The van der Waals surface area contributed by atoms with Gasteiger partial charge in [0.25, 0.3) is 0 Å². The van der Waals surface area contributed by atoms with E-state index in [-0.39, 0.29) is 5.91 Å². The maximum absolute atomic E-state index is 12.3. The van der Waals surface area contributed by atoms with Crippen molar-refractivity contribution in [2.24, 2.45) is 7.05 Å². The molecule has 1 saturated heterocycles. The highest BCUT2D eigenvalue weighted by Gasteiger charge is 2.29. The van der Waals surface area contributed by atoms with Gasteiger partial charge in [-0.1, -0.05) is 18.2 Å². The highest BCUT2D eigenvalue weighted by Crippen LogP contribution is 2.26. The number of nitrogens with zero attached hydrogens (tertiary/aromatic N) is 3. The molecule has 1 fully saturated rings. The van der Waals surface area contributed by atoms with Crippen LogP contribution >= 0.6 is 0 Å². The normalized spacial score (nSPS) is 17.5. The van der Waals surface area contributed by atoms with Gasteiger partial charge in [0.1, 0.15) is 11.6 Å². The van der Waals surface area contributed by atoms with Crippen LogP contribution in [0.4, 0.5) is 0 Å². The number of aromatic nitrogens is 2. The lowest BCUT2D eigenvalue weighted by Gasteiger charge is -2.16. The van der Waals surface area contributed by atoms with Gasteiger partial charge in [0.2, 0.25) is 5.91 Å². The van der Waals surface area contributed by atoms with Gasteiger partial charge in [-0.25, -0.2) is 4.98 Å². The molecule has 1 amide bonds. The van der Waals surface area contributed by atoms with Crippen molar-refractivity contribution in [2.75, 3.05) is 19.7 Å². The molecule has 3 rings (SSSR count). The number of para-hydroxylation sites is 1. The Balaban J connectivity index is 1.48. The Morgan fingerprint density at radius 3 is 2.83 bits per heavy atom. The molecule has 0 radical (unpaired) electrons. The predicted molar refractivity (Wildman–Crippen MR) is 88.4 cm³/mol. The second kappa shape index (κ2) is 6.86. The fraction of sp³-hybridized carbons (Fsp3) is 0.444. The molecule has 0 aliphatic carbocycles. The third-order valence-electron chi connectivity index (χ3n) is 4.27. The van der Waals surface area contributed by atoms with E-state index in [4.69, 9.17) is 4.74 Å². The first-order valence-electron chi connectivity index (χ1n) is 8.09. The number of ether oxygens (including phenoxy) is 1. The third-order valence-corrected chi connectivity index (χ3v) is 4.27. The van der Waals surface area contributed by atoms with Crippen LogP contribution in [0.5, 0.6) is 5.75 Å². The van der Waals surface area contributed by atoms with Crippen LogP contribution in [-0.4, -0.2) is 40.1 Å². The van der Waals surface area contributed by atoms with Gasteiger partial charge in [-0.3, -0.25) is 4.79 Å². The third kappa shape index (κ3) is 3.73. The summed E-state index contributed by atoms with van der Waals surface area (Å²) in [6.07, 6.45) is 3.43. The standard InChI is InChI=1S/C18H23N3O2/c1-14-12-20(2)18(19-14)15-8-10-21(13-15)17(22)9-11-23-16-6-4-3-5-7-16/h3-7,12,15H,8-11,13H2,1-2H3. The second-order valence-electron chi connectivity index (χ2n) is 6.09. The summed E-state index contributed by atoms with van der Waals surface area (Å²) >= 11 is 0. The van der Waals surface area contributed by atoms with Gasteiger partial charge in [0, 0.05) is 32.3 Å². The zero-order valence-corrected chi connectivity index (χ0v) is 13.7. The van der Waals surface area contributed by atoms with Gasteiger partial charge in [-0.15, -0.1) is 0 Å². The Hall–Kier alpha value is -2.30. The topological polar surface area (TPSA) is 47.4 Å². The van der Waals surface area contributed by atoms with E-state index in [0.717, 1.165) is 36.8 Å². The fourth-order valence-electron chi connectivity index (χ4n) is 3.14. The van der Waals surface area contributed by atoms with Gasteiger partial charge < -0.3 is 14.2 Å². The molecule has 1 aromatic heterocycles. The minimum absolute atomic E-state index is 0.161. The van der Waals surface area contributed by atoms with Crippen LogP contribution in [0, 0.1) is 6.92 Å². The first-order chi connectivity index (χ1) is 11.1. The van der Waals surface area contributed by atoms with E-state index in [0.29, 0.717) is 18.9 Å². The van der Waals surface area contributed by atoms with Crippen molar-refractivity contribution in [1.82, 2.24) is 14.5 Å². The fourth-order valence-corrected chi connectivity index (χ4v) is 3.14. The summed E-state index contributed by atoms with van der Waals surface area (Å²) in [6.45, 7) is 3.99. The van der Waals surface area contributed by atoms with Gasteiger partial charge in [-0.05, 0) is 25.5 Å². The molecule has 5 heteroatoms. The number of imidazole rings is 1. The summed E-state index contributed by atoms with van der Waals surface area (Å²) in [5, 5.41) is 0. The van der Waals surface area contributed by atoms with Crippen molar-refractivity contribution >= 4 is 5.91 Å². The number of hydrogen-bond donors (Lipinski definition) is 0. The molecule has 1 unspecified atom stereocenters. The van der Waals surface area contributed by atoms with E-state index in [1.165, 1.54) is 0 Å². The average Bonchev–Trinajstić information content (AvgIpc) is 3.14. The summed E-state index contributed by atoms with van der Waals surface area (Å²) in [5.74, 6) is 2.39. The Morgan fingerprint density at radius 1 is 1.35 bits per heavy atom. The van der Waals surface area contributed by atoms with E-state index in [9.17, 15) is 4.79 Å². The highest BCUT2D eigenvalue weighted by molar-refractivity contribution is 5.76. The lowest BCUT2D eigenvalue weighted by Crippen LogP contribution is -2.29. The van der Waals surface area contributed by atoms with Crippen molar-refractivity contribution < 1.29 is 9.53 Å². The number of carbonyl (C=O) groups is 1. The predicted octanol–water partition coefficient (Wildman–Crippen LogP) is 2.51. The van der Waals surface area contributed by atoms with Crippen LogP contribution in [0.25, 0.3) is 0 Å². The maximum atomic E-state index is 12.3. The summed E-state index contributed by atoms with van der Waals surface area (Å²) in [6, 6.07) is 9.61. The number of benzene rings is 1. The zero-order valence-electron chi connectivity index (χ0n) is 13.7. The molecule has 0 bridgehead atoms. The maximum Gasteiger partial charge on any atom is 0.226 e. The average molecular weight is 313 g/mol. The minimum atomic E-state index is 0.161. The Labute approximate surface area is 136 Å². The zero-order chi connectivity index (χ0) is 16.2. The molecule has 1 aliphatic rings. The van der Waals surface area contributed by atoms with E-state index in [2.05, 4.69) is 9.55 Å². The number of aryl methyl sites for hydroxylation is 2. The number of amides is 1. The Bertz CT molecular complexity index is 666.